The minimum atomic E-state index is -0.482. The summed E-state index contributed by atoms with van der Waals surface area (Å²) in [7, 11) is 0. The molecule has 1 atom stereocenters. The molecule has 1 aliphatic heterocycles. The first-order valence-corrected chi connectivity index (χ1v) is 9.93. The minimum Gasteiger partial charge on any atom is -0.368 e. The Morgan fingerprint density at radius 3 is 2.68 bits per heavy atom. The molecule has 1 aliphatic rings. The number of piperazine rings is 1. The summed E-state index contributed by atoms with van der Waals surface area (Å²) in [5.41, 5.74) is 3.27. The number of hydrogen-bond donors (Lipinski definition) is 1. The van der Waals surface area contributed by atoms with E-state index in [1.165, 1.54) is 10.5 Å². The molecule has 0 radical (unpaired) electrons. The average Bonchev–Trinajstić information content (AvgIpc) is 3.09. The number of rotatable bonds is 2. The van der Waals surface area contributed by atoms with Crippen molar-refractivity contribution in [2.75, 3.05) is 24.5 Å². The van der Waals surface area contributed by atoms with Crippen LogP contribution in [-0.4, -0.2) is 49.4 Å². The smallest absolute Gasteiger partial charge is 0.355 e. The largest absolute Gasteiger partial charge is 0.368 e. The molecule has 0 aromatic carbocycles. The summed E-state index contributed by atoms with van der Waals surface area (Å²) in [5.74, 6) is -0.289. The Morgan fingerprint density at radius 1 is 1.10 bits per heavy atom. The number of nitrogens with zero attached hydrogens (tertiary/aromatic N) is 6. The quantitative estimate of drug-likeness (QED) is 0.512. The van der Waals surface area contributed by atoms with Crippen molar-refractivity contribution in [1.29, 1.82) is 0 Å². The molecular weight excluding hydrogens is 421 g/mol. The Bertz CT molecular complexity index is 1350. The molecule has 0 spiro atoms. The number of anilines is 1. The highest BCUT2D eigenvalue weighted by molar-refractivity contribution is 5.85. The summed E-state index contributed by atoms with van der Waals surface area (Å²) in [6.07, 6.45) is 5.20. The van der Waals surface area contributed by atoms with Crippen LogP contribution in [0.25, 0.3) is 22.7 Å². The number of aromatic nitrogens is 5. The molecule has 8 nitrogen and oxygen atoms in total. The molecule has 4 aromatic rings. The number of nitrogens with one attached hydrogen (secondary N) is 1. The van der Waals surface area contributed by atoms with Crippen LogP contribution in [0.2, 0.25) is 0 Å². The highest BCUT2D eigenvalue weighted by atomic mass is 35.5. The van der Waals surface area contributed by atoms with E-state index in [0.717, 1.165) is 30.9 Å². The number of halogens is 2. The molecule has 1 saturated heterocycles. The third-order valence-electron chi connectivity index (χ3n) is 5.44. The summed E-state index contributed by atoms with van der Waals surface area (Å²) in [6, 6.07) is 3.73. The molecule has 4 aromatic heterocycles. The predicted molar refractivity (Wildman–Crippen MR) is 120 cm³/mol. The van der Waals surface area contributed by atoms with E-state index in [9.17, 15) is 9.18 Å². The highest BCUT2D eigenvalue weighted by Gasteiger charge is 2.19. The summed E-state index contributed by atoms with van der Waals surface area (Å²) in [5, 5.41) is 3.42. The van der Waals surface area contributed by atoms with Gasteiger partial charge in [0.2, 0.25) is 0 Å². The minimum absolute atomic E-state index is 0. The van der Waals surface area contributed by atoms with E-state index in [-0.39, 0.29) is 23.9 Å². The van der Waals surface area contributed by atoms with Gasteiger partial charge >= 0.3 is 5.69 Å². The van der Waals surface area contributed by atoms with Crippen molar-refractivity contribution in [3.05, 3.63) is 58.3 Å². The molecule has 5 heterocycles. The van der Waals surface area contributed by atoms with Gasteiger partial charge in [-0.1, -0.05) is 0 Å². The van der Waals surface area contributed by atoms with Gasteiger partial charge in [0.15, 0.2) is 17.3 Å². The normalized spacial score (nSPS) is 16.6. The van der Waals surface area contributed by atoms with Crippen LogP contribution in [0.1, 0.15) is 18.2 Å². The molecule has 1 N–H and O–H groups in total. The highest BCUT2D eigenvalue weighted by Crippen LogP contribution is 2.23. The van der Waals surface area contributed by atoms with Crippen LogP contribution in [-0.2, 0) is 0 Å². The van der Waals surface area contributed by atoms with Crippen molar-refractivity contribution in [1.82, 2.24) is 29.1 Å². The first kappa shape index (κ1) is 21.2. The Balaban J connectivity index is 0.00000231. The molecule has 1 fully saturated rings. The van der Waals surface area contributed by atoms with Crippen LogP contribution >= 0.6 is 12.4 Å². The molecule has 10 heteroatoms. The zero-order valence-electron chi connectivity index (χ0n) is 17.5. The fraction of sp³-hybridized carbons (Fsp3) is 0.333. The van der Waals surface area contributed by atoms with E-state index in [4.69, 9.17) is 0 Å². The van der Waals surface area contributed by atoms with Gasteiger partial charge in [0, 0.05) is 49.8 Å². The molecule has 0 amide bonds. The molecule has 0 saturated carbocycles. The van der Waals surface area contributed by atoms with Gasteiger partial charge in [-0.15, -0.1) is 12.4 Å². The van der Waals surface area contributed by atoms with Crippen LogP contribution < -0.4 is 15.9 Å². The topological polar surface area (TPSA) is 79.8 Å². The van der Waals surface area contributed by atoms with Crippen LogP contribution in [0.4, 0.5) is 10.1 Å². The van der Waals surface area contributed by atoms with E-state index >= 15 is 0 Å². The van der Waals surface area contributed by atoms with Crippen molar-refractivity contribution in [2.45, 2.75) is 26.8 Å². The van der Waals surface area contributed by atoms with Gasteiger partial charge in [0.25, 0.3) is 0 Å². The molecular formula is C21H23ClFN7O. The monoisotopic (exact) mass is 443 g/mol. The van der Waals surface area contributed by atoms with Crippen molar-refractivity contribution < 1.29 is 4.39 Å². The second-order valence-electron chi connectivity index (χ2n) is 7.90. The first-order chi connectivity index (χ1) is 14.4. The first-order valence-electron chi connectivity index (χ1n) is 9.93. The Hall–Kier alpha value is -3.04. The Morgan fingerprint density at radius 2 is 1.90 bits per heavy atom. The lowest BCUT2D eigenvalue weighted by molar-refractivity contribution is 0.484. The van der Waals surface area contributed by atoms with Gasteiger partial charge in [-0.2, -0.15) is 4.98 Å². The van der Waals surface area contributed by atoms with Crippen LogP contribution in [0.15, 0.2) is 35.5 Å². The van der Waals surface area contributed by atoms with Gasteiger partial charge in [-0.3, -0.25) is 0 Å². The maximum absolute atomic E-state index is 14.5. The van der Waals surface area contributed by atoms with E-state index < -0.39 is 11.5 Å². The Kier molecular flexibility index (Phi) is 5.40. The molecule has 5 rings (SSSR count). The van der Waals surface area contributed by atoms with E-state index in [0.29, 0.717) is 22.9 Å². The van der Waals surface area contributed by atoms with Crippen molar-refractivity contribution in [3.8, 4) is 11.4 Å². The number of aryl methyl sites for hydroxylation is 2. The lowest BCUT2D eigenvalue weighted by Crippen LogP contribution is -2.49. The summed E-state index contributed by atoms with van der Waals surface area (Å²) < 4.78 is 17.6. The van der Waals surface area contributed by atoms with Gasteiger partial charge < -0.3 is 14.6 Å². The molecule has 31 heavy (non-hydrogen) atoms. The van der Waals surface area contributed by atoms with E-state index in [1.807, 2.05) is 13.0 Å². The zero-order chi connectivity index (χ0) is 21.0. The third kappa shape index (κ3) is 3.75. The van der Waals surface area contributed by atoms with Crippen LogP contribution in [0.5, 0.6) is 0 Å². The number of imidazole rings is 1. The van der Waals surface area contributed by atoms with Crippen LogP contribution in [0.3, 0.4) is 0 Å². The van der Waals surface area contributed by atoms with Gasteiger partial charge in [-0.05, 0) is 38.5 Å². The van der Waals surface area contributed by atoms with E-state index in [2.05, 4.69) is 32.1 Å². The lowest BCUT2D eigenvalue weighted by atomic mass is 10.2. The van der Waals surface area contributed by atoms with Crippen molar-refractivity contribution in [2.24, 2.45) is 0 Å². The van der Waals surface area contributed by atoms with Gasteiger partial charge in [0.1, 0.15) is 5.65 Å². The summed E-state index contributed by atoms with van der Waals surface area (Å²) in [6.45, 7) is 8.48. The summed E-state index contributed by atoms with van der Waals surface area (Å²) >= 11 is 0. The average molecular weight is 444 g/mol. The fourth-order valence-electron chi connectivity index (χ4n) is 4.04. The molecule has 0 unspecified atom stereocenters. The number of fused-ring (bicyclic) bond motifs is 2. The van der Waals surface area contributed by atoms with Crippen LogP contribution in [0, 0.1) is 19.7 Å². The van der Waals surface area contributed by atoms with Crippen molar-refractivity contribution >= 4 is 29.4 Å². The molecule has 0 aliphatic carbocycles. The van der Waals surface area contributed by atoms with Gasteiger partial charge in [-0.25, -0.2) is 23.6 Å². The van der Waals surface area contributed by atoms with Gasteiger partial charge in [0.05, 0.1) is 11.4 Å². The fourth-order valence-corrected chi connectivity index (χ4v) is 4.04. The lowest BCUT2D eigenvalue weighted by Gasteiger charge is -2.33. The zero-order valence-corrected chi connectivity index (χ0v) is 18.3. The standard InChI is InChI=1S/C21H22FN7O.ClH/c1-12-6-16(27-5-4-23-13(2)8-27)11-29-19(12)25-18(26-21(29)30)15-7-17(22)20-24-14(3)9-28(20)10-15;/h6-7,9-11,13,23H,4-5,8H2,1-3H3;1H/t13-;/m0./s1. The third-order valence-corrected chi connectivity index (χ3v) is 5.44. The number of pyridine rings is 2. The number of hydrogen-bond acceptors (Lipinski definition) is 6. The Labute approximate surface area is 184 Å². The molecule has 162 valence electrons. The SMILES string of the molecule is Cc1cn2cc(-c3nc(=O)n4cc(N5CCN[C@@H](C)C5)cc(C)c4n3)cc(F)c2n1.Cl. The molecule has 0 bridgehead atoms. The maximum atomic E-state index is 14.5. The predicted octanol–water partition coefficient (Wildman–Crippen LogP) is 2.38. The maximum Gasteiger partial charge on any atom is 0.355 e. The van der Waals surface area contributed by atoms with Crippen molar-refractivity contribution in [3.63, 3.8) is 0 Å². The second-order valence-corrected chi connectivity index (χ2v) is 7.90. The summed E-state index contributed by atoms with van der Waals surface area (Å²) in [4.78, 5) is 28.0. The van der Waals surface area contributed by atoms with E-state index in [1.54, 1.807) is 29.9 Å². The second kappa shape index (κ2) is 7.90.